The summed E-state index contributed by atoms with van der Waals surface area (Å²) >= 11 is 13.6. The molecular weight excluding hydrogens is 451 g/mol. The van der Waals surface area contributed by atoms with E-state index in [1.165, 1.54) is 11.8 Å². The third-order valence-corrected chi connectivity index (χ3v) is 6.50. The van der Waals surface area contributed by atoms with Gasteiger partial charge < -0.3 is 10.6 Å². The Hall–Kier alpha value is -2.47. The number of hydrogen-bond acceptors (Lipinski definition) is 3. The van der Waals surface area contributed by atoms with Gasteiger partial charge in [-0.05, 0) is 60.9 Å². The first-order chi connectivity index (χ1) is 15.0. The molecule has 4 nitrogen and oxygen atoms in total. The van der Waals surface area contributed by atoms with Crippen molar-refractivity contribution in [3.8, 4) is 0 Å². The molecule has 2 amide bonds. The quantitative estimate of drug-likeness (QED) is 0.372. The summed E-state index contributed by atoms with van der Waals surface area (Å²) in [6.07, 6.45) is 1.93. The zero-order chi connectivity index (χ0) is 21.8. The van der Waals surface area contributed by atoms with Gasteiger partial charge in [0.05, 0.1) is 0 Å². The van der Waals surface area contributed by atoms with Crippen molar-refractivity contribution in [3.63, 3.8) is 0 Å². The number of nitrogens with one attached hydrogen (secondary N) is 2. The van der Waals surface area contributed by atoms with Gasteiger partial charge >= 0.3 is 0 Å². The Bertz CT molecular complexity index is 1070. The summed E-state index contributed by atoms with van der Waals surface area (Å²) in [4.78, 5) is 26.0. The first-order valence-corrected chi connectivity index (χ1v) is 11.5. The molecular formula is C24H20Cl2N2O2S. The monoisotopic (exact) mass is 470 g/mol. The van der Waals surface area contributed by atoms with Crippen molar-refractivity contribution >= 4 is 58.2 Å². The van der Waals surface area contributed by atoms with Crippen molar-refractivity contribution in [1.29, 1.82) is 0 Å². The van der Waals surface area contributed by atoms with Crippen LogP contribution in [0.5, 0.6) is 0 Å². The number of amides is 2. The van der Waals surface area contributed by atoms with Gasteiger partial charge in [-0.2, -0.15) is 0 Å². The van der Waals surface area contributed by atoms with E-state index in [4.69, 9.17) is 23.2 Å². The molecule has 0 aliphatic heterocycles. The van der Waals surface area contributed by atoms with Gasteiger partial charge in [-0.1, -0.05) is 53.5 Å². The van der Waals surface area contributed by atoms with Gasteiger partial charge in [-0.15, -0.1) is 11.8 Å². The van der Waals surface area contributed by atoms with Crippen LogP contribution in [-0.4, -0.2) is 11.8 Å². The molecule has 1 fully saturated rings. The van der Waals surface area contributed by atoms with Crippen molar-refractivity contribution in [3.05, 3.63) is 88.4 Å². The molecule has 4 rings (SSSR count). The molecule has 31 heavy (non-hydrogen) atoms. The van der Waals surface area contributed by atoms with E-state index in [9.17, 15) is 9.59 Å². The molecule has 1 aliphatic carbocycles. The van der Waals surface area contributed by atoms with Gasteiger partial charge in [0.1, 0.15) is 5.25 Å². The molecule has 0 heterocycles. The van der Waals surface area contributed by atoms with E-state index in [-0.39, 0.29) is 17.7 Å². The molecule has 1 saturated carbocycles. The van der Waals surface area contributed by atoms with E-state index in [2.05, 4.69) is 10.6 Å². The molecule has 0 bridgehead atoms. The number of halogens is 2. The Kier molecular flexibility index (Phi) is 6.86. The van der Waals surface area contributed by atoms with Crippen LogP contribution in [0.2, 0.25) is 10.0 Å². The highest BCUT2D eigenvalue weighted by molar-refractivity contribution is 8.00. The molecule has 1 aliphatic rings. The average molecular weight is 471 g/mol. The zero-order valence-corrected chi connectivity index (χ0v) is 18.8. The predicted molar refractivity (Wildman–Crippen MR) is 128 cm³/mol. The molecule has 3 aromatic carbocycles. The highest BCUT2D eigenvalue weighted by Crippen LogP contribution is 2.37. The second-order valence-electron chi connectivity index (χ2n) is 7.34. The Balaban J connectivity index is 1.51. The summed E-state index contributed by atoms with van der Waals surface area (Å²) in [5.74, 6) is 0.0444. The third-order valence-electron chi connectivity index (χ3n) is 4.79. The number of thioether (sulfide) groups is 1. The van der Waals surface area contributed by atoms with E-state index in [1.54, 1.807) is 18.2 Å². The molecule has 0 spiro atoms. The van der Waals surface area contributed by atoms with E-state index < -0.39 is 5.25 Å². The van der Waals surface area contributed by atoms with Crippen molar-refractivity contribution in [2.24, 2.45) is 5.92 Å². The fourth-order valence-corrected chi connectivity index (χ4v) is 4.63. The van der Waals surface area contributed by atoms with Crippen molar-refractivity contribution in [2.75, 3.05) is 10.6 Å². The Morgan fingerprint density at radius 2 is 1.48 bits per heavy atom. The third kappa shape index (κ3) is 6.03. The SMILES string of the molecule is O=C(Nc1ccc(SC(C(=O)Nc2cc(Cl)cc(Cl)c2)c2ccccc2)cc1)C1CC1. The summed E-state index contributed by atoms with van der Waals surface area (Å²) in [6.45, 7) is 0. The molecule has 0 aromatic heterocycles. The second kappa shape index (κ2) is 9.77. The van der Waals surface area contributed by atoms with Crippen LogP contribution in [0, 0.1) is 5.92 Å². The van der Waals surface area contributed by atoms with E-state index in [0.717, 1.165) is 29.0 Å². The predicted octanol–water partition coefficient (Wildman–Crippen LogP) is 6.81. The molecule has 7 heteroatoms. The number of carbonyl (C=O) groups is 2. The maximum atomic E-state index is 13.2. The van der Waals surface area contributed by atoms with Gasteiger partial charge in [-0.25, -0.2) is 0 Å². The highest BCUT2D eigenvalue weighted by Gasteiger charge is 2.29. The number of benzene rings is 3. The van der Waals surface area contributed by atoms with Crippen LogP contribution < -0.4 is 10.6 Å². The van der Waals surface area contributed by atoms with Crippen LogP contribution in [0.4, 0.5) is 11.4 Å². The van der Waals surface area contributed by atoms with Crippen LogP contribution in [0.15, 0.2) is 77.7 Å². The molecule has 2 N–H and O–H groups in total. The topological polar surface area (TPSA) is 58.2 Å². The first kappa shape index (κ1) is 21.8. The molecule has 1 atom stereocenters. The summed E-state index contributed by atoms with van der Waals surface area (Å²) in [6, 6.07) is 22.1. The minimum absolute atomic E-state index is 0.0714. The minimum Gasteiger partial charge on any atom is -0.326 e. The fraction of sp³-hybridized carbons (Fsp3) is 0.167. The standard InChI is InChI=1S/C24H20Cl2N2O2S/c25-17-12-18(26)14-20(13-17)28-24(30)22(15-4-2-1-3-5-15)31-21-10-8-19(9-11-21)27-23(29)16-6-7-16/h1-5,8-14,16,22H,6-7H2,(H,27,29)(H,28,30). The normalized spacial score (nSPS) is 14.0. The van der Waals surface area contributed by atoms with Gasteiger partial charge in [-0.3, -0.25) is 9.59 Å². The van der Waals surface area contributed by atoms with Crippen LogP contribution >= 0.6 is 35.0 Å². The van der Waals surface area contributed by atoms with Crippen molar-refractivity contribution < 1.29 is 9.59 Å². The summed E-state index contributed by atoms with van der Waals surface area (Å²) < 4.78 is 0. The van der Waals surface area contributed by atoms with Crippen LogP contribution in [-0.2, 0) is 9.59 Å². The van der Waals surface area contributed by atoms with Crippen LogP contribution in [0.1, 0.15) is 23.7 Å². The molecule has 0 radical (unpaired) electrons. The lowest BCUT2D eigenvalue weighted by Gasteiger charge is -2.18. The fourth-order valence-electron chi connectivity index (χ4n) is 3.08. The number of carbonyl (C=O) groups excluding carboxylic acids is 2. The zero-order valence-electron chi connectivity index (χ0n) is 16.5. The van der Waals surface area contributed by atoms with Crippen LogP contribution in [0.3, 0.4) is 0 Å². The largest absolute Gasteiger partial charge is 0.326 e. The maximum Gasteiger partial charge on any atom is 0.242 e. The van der Waals surface area contributed by atoms with Gasteiger partial charge in [0.25, 0.3) is 0 Å². The van der Waals surface area contributed by atoms with Crippen molar-refractivity contribution in [1.82, 2.24) is 0 Å². The Morgan fingerprint density at radius 3 is 2.10 bits per heavy atom. The minimum atomic E-state index is -0.481. The number of rotatable bonds is 7. The van der Waals surface area contributed by atoms with Crippen LogP contribution in [0.25, 0.3) is 0 Å². The Labute approximate surface area is 195 Å². The number of anilines is 2. The van der Waals surface area contributed by atoms with E-state index in [1.807, 2.05) is 54.6 Å². The lowest BCUT2D eigenvalue weighted by Crippen LogP contribution is -2.19. The average Bonchev–Trinajstić information content (AvgIpc) is 3.58. The van der Waals surface area contributed by atoms with Crippen molar-refractivity contribution in [2.45, 2.75) is 23.0 Å². The molecule has 0 saturated heterocycles. The van der Waals surface area contributed by atoms with Gasteiger partial charge in [0.15, 0.2) is 0 Å². The second-order valence-corrected chi connectivity index (χ2v) is 9.40. The molecule has 158 valence electrons. The summed E-state index contributed by atoms with van der Waals surface area (Å²) in [5, 5.41) is 6.27. The lowest BCUT2D eigenvalue weighted by atomic mass is 10.1. The number of hydrogen-bond donors (Lipinski definition) is 2. The van der Waals surface area contributed by atoms with Gasteiger partial charge in [0, 0.05) is 32.2 Å². The smallest absolute Gasteiger partial charge is 0.242 e. The molecule has 1 unspecified atom stereocenters. The maximum absolute atomic E-state index is 13.2. The molecule has 3 aromatic rings. The Morgan fingerprint density at radius 1 is 0.839 bits per heavy atom. The summed E-state index contributed by atoms with van der Waals surface area (Å²) in [5.41, 5.74) is 2.18. The van der Waals surface area contributed by atoms with E-state index in [0.29, 0.717) is 15.7 Å². The lowest BCUT2D eigenvalue weighted by molar-refractivity contribution is -0.117. The summed E-state index contributed by atoms with van der Waals surface area (Å²) in [7, 11) is 0. The van der Waals surface area contributed by atoms with E-state index >= 15 is 0 Å². The van der Waals surface area contributed by atoms with Gasteiger partial charge in [0.2, 0.25) is 11.8 Å². The first-order valence-electron chi connectivity index (χ1n) is 9.87. The highest BCUT2D eigenvalue weighted by atomic mass is 35.5.